The van der Waals surface area contributed by atoms with Crippen LogP contribution >= 0.6 is 0 Å². The van der Waals surface area contributed by atoms with E-state index >= 15 is 0 Å². The van der Waals surface area contributed by atoms with Gasteiger partial charge in [-0.15, -0.1) is 0 Å². The largest absolute Gasteiger partial charge is 0.469 e. The molecule has 1 aromatic heterocycles. The normalized spacial score (nSPS) is 10.2. The van der Waals surface area contributed by atoms with Crippen molar-refractivity contribution in [2.24, 2.45) is 0 Å². The van der Waals surface area contributed by atoms with Crippen LogP contribution in [-0.2, 0) is 14.3 Å². The monoisotopic (exact) mass is 296 g/mol. The van der Waals surface area contributed by atoms with Crippen LogP contribution in [0.5, 0.6) is 0 Å². The third-order valence-corrected chi connectivity index (χ3v) is 2.77. The Morgan fingerprint density at radius 3 is 2.57 bits per heavy atom. The lowest BCUT2D eigenvalue weighted by Crippen LogP contribution is -2.36. The van der Waals surface area contributed by atoms with Crippen LogP contribution in [0.1, 0.15) is 16.8 Å². The van der Waals surface area contributed by atoms with E-state index in [1.807, 2.05) is 0 Å². The maximum Gasteiger partial charge on any atom is 0.307 e. The molecule has 0 aliphatic carbocycles. The van der Waals surface area contributed by atoms with Gasteiger partial charge in [-0.05, 0) is 12.1 Å². The Balaban J connectivity index is 2.61. The van der Waals surface area contributed by atoms with Gasteiger partial charge in [0.05, 0.1) is 33.4 Å². The van der Waals surface area contributed by atoms with Crippen molar-refractivity contribution in [2.45, 2.75) is 6.42 Å². The number of aromatic nitrogens is 1. The van der Waals surface area contributed by atoms with E-state index in [1.54, 1.807) is 12.1 Å². The van der Waals surface area contributed by atoms with Crippen molar-refractivity contribution in [1.29, 1.82) is 0 Å². The van der Waals surface area contributed by atoms with Crippen LogP contribution in [0.25, 0.3) is 0 Å². The van der Waals surface area contributed by atoms with E-state index in [2.05, 4.69) is 9.72 Å². The highest BCUT2D eigenvalue weighted by Crippen LogP contribution is 2.05. The molecule has 7 nitrogen and oxygen atoms in total. The number of hydrogen-bond acceptors (Lipinski definition) is 6. The van der Waals surface area contributed by atoms with Gasteiger partial charge in [0.1, 0.15) is 0 Å². The molecule has 1 heterocycles. The number of esters is 1. The molecule has 1 N–H and O–H groups in total. The quantitative estimate of drug-likeness (QED) is 0.513. The number of hydrogen-bond donors (Lipinski definition) is 1. The number of rotatable bonds is 9. The summed E-state index contributed by atoms with van der Waals surface area (Å²) in [6.07, 6.45) is 3.19. The topological polar surface area (TPSA) is 89.0 Å². The predicted octanol–water partition coefficient (Wildman–Crippen LogP) is 0.0958. The van der Waals surface area contributed by atoms with Crippen LogP contribution in [0, 0.1) is 0 Å². The van der Waals surface area contributed by atoms with Crippen molar-refractivity contribution in [3.63, 3.8) is 0 Å². The average molecular weight is 296 g/mol. The van der Waals surface area contributed by atoms with E-state index in [-0.39, 0.29) is 38.1 Å². The maximum absolute atomic E-state index is 12.4. The van der Waals surface area contributed by atoms with Gasteiger partial charge in [0, 0.05) is 31.0 Å². The second kappa shape index (κ2) is 9.84. The molecule has 1 aromatic rings. The fraction of sp³-hybridized carbons (Fsp3) is 0.500. The highest BCUT2D eigenvalue weighted by atomic mass is 16.5. The molecule has 7 heteroatoms. The first-order chi connectivity index (χ1) is 10.2. The Kier molecular flexibility index (Phi) is 8.00. The first-order valence-corrected chi connectivity index (χ1v) is 6.63. The van der Waals surface area contributed by atoms with Crippen molar-refractivity contribution in [3.8, 4) is 0 Å². The molecule has 0 radical (unpaired) electrons. The van der Waals surface area contributed by atoms with Gasteiger partial charge in [-0.25, -0.2) is 0 Å². The van der Waals surface area contributed by atoms with Gasteiger partial charge in [0.25, 0.3) is 5.91 Å². The van der Waals surface area contributed by atoms with E-state index in [0.717, 1.165) is 0 Å². The van der Waals surface area contributed by atoms with Crippen molar-refractivity contribution in [2.75, 3.05) is 40.0 Å². The molecule has 116 valence electrons. The molecule has 0 aliphatic heterocycles. The third kappa shape index (κ3) is 6.33. The number of pyridine rings is 1. The molecule has 0 bridgehead atoms. The molecule has 0 saturated heterocycles. The Morgan fingerprint density at radius 2 is 1.95 bits per heavy atom. The number of aliphatic hydroxyl groups excluding tert-OH is 1. The minimum atomic E-state index is -0.376. The Hall–Kier alpha value is -1.99. The SMILES string of the molecule is COC(=O)CCN(CCOCCO)C(=O)c1ccncc1. The summed E-state index contributed by atoms with van der Waals surface area (Å²) in [5.74, 6) is -0.576. The number of carbonyl (C=O) groups excluding carboxylic acids is 2. The van der Waals surface area contributed by atoms with Crippen molar-refractivity contribution >= 4 is 11.9 Å². The number of nitrogens with zero attached hydrogens (tertiary/aromatic N) is 2. The smallest absolute Gasteiger partial charge is 0.307 e. The number of aliphatic hydroxyl groups is 1. The molecule has 0 fully saturated rings. The van der Waals surface area contributed by atoms with Crippen LogP contribution in [0.15, 0.2) is 24.5 Å². The summed E-state index contributed by atoms with van der Waals surface area (Å²) in [5.41, 5.74) is 0.497. The summed E-state index contributed by atoms with van der Waals surface area (Å²) >= 11 is 0. The fourth-order valence-electron chi connectivity index (χ4n) is 1.66. The van der Waals surface area contributed by atoms with Crippen LogP contribution in [0.3, 0.4) is 0 Å². The Labute approximate surface area is 123 Å². The molecular formula is C14H20N2O5. The van der Waals surface area contributed by atoms with Crippen LogP contribution in [0.4, 0.5) is 0 Å². The zero-order valence-electron chi connectivity index (χ0n) is 12.0. The molecule has 0 spiro atoms. The fourth-order valence-corrected chi connectivity index (χ4v) is 1.66. The van der Waals surface area contributed by atoms with Gasteiger partial charge in [0.15, 0.2) is 0 Å². The van der Waals surface area contributed by atoms with E-state index in [0.29, 0.717) is 18.7 Å². The van der Waals surface area contributed by atoms with Crippen molar-refractivity contribution in [1.82, 2.24) is 9.88 Å². The predicted molar refractivity (Wildman–Crippen MR) is 74.7 cm³/mol. The molecule has 1 rings (SSSR count). The lowest BCUT2D eigenvalue weighted by atomic mass is 10.2. The van der Waals surface area contributed by atoms with Crippen LogP contribution < -0.4 is 0 Å². The molecule has 21 heavy (non-hydrogen) atoms. The zero-order valence-corrected chi connectivity index (χ0v) is 12.0. The molecule has 1 amide bonds. The zero-order chi connectivity index (χ0) is 15.5. The molecule has 0 aliphatic rings. The molecular weight excluding hydrogens is 276 g/mol. The lowest BCUT2D eigenvalue weighted by Gasteiger charge is -2.22. The molecule has 0 aromatic carbocycles. The summed E-state index contributed by atoms with van der Waals surface area (Å²) < 4.78 is 9.74. The van der Waals surface area contributed by atoms with Crippen LogP contribution in [0.2, 0.25) is 0 Å². The summed E-state index contributed by atoms with van der Waals surface area (Å²) in [6, 6.07) is 3.23. The molecule has 0 unspecified atom stereocenters. The minimum Gasteiger partial charge on any atom is -0.469 e. The van der Waals surface area contributed by atoms with E-state index in [9.17, 15) is 9.59 Å². The molecule has 0 saturated carbocycles. The maximum atomic E-state index is 12.4. The molecule has 0 atom stereocenters. The van der Waals surface area contributed by atoms with Crippen molar-refractivity contribution in [3.05, 3.63) is 30.1 Å². The van der Waals surface area contributed by atoms with Crippen molar-refractivity contribution < 1.29 is 24.2 Å². The van der Waals surface area contributed by atoms with Gasteiger partial charge in [0.2, 0.25) is 0 Å². The summed E-state index contributed by atoms with van der Waals surface area (Å²) in [5, 5.41) is 8.65. The van der Waals surface area contributed by atoms with Gasteiger partial charge in [-0.3, -0.25) is 14.6 Å². The van der Waals surface area contributed by atoms with Gasteiger partial charge in [-0.2, -0.15) is 0 Å². The first kappa shape index (κ1) is 17.1. The number of ether oxygens (including phenoxy) is 2. The first-order valence-electron chi connectivity index (χ1n) is 6.63. The average Bonchev–Trinajstić information content (AvgIpc) is 2.54. The summed E-state index contributed by atoms with van der Waals surface area (Å²) in [4.78, 5) is 28.9. The number of amides is 1. The number of methoxy groups -OCH3 is 1. The standard InChI is InChI=1S/C14H20N2O5/c1-20-13(18)4-7-16(8-10-21-11-9-17)14(19)12-2-5-15-6-3-12/h2-3,5-6,17H,4,7-11H2,1H3. The Bertz CT molecular complexity index is 438. The van der Waals surface area contributed by atoms with Crippen LogP contribution in [-0.4, -0.2) is 66.9 Å². The van der Waals surface area contributed by atoms with Gasteiger partial charge < -0.3 is 19.5 Å². The van der Waals surface area contributed by atoms with E-state index in [4.69, 9.17) is 9.84 Å². The Morgan fingerprint density at radius 1 is 1.24 bits per heavy atom. The highest BCUT2D eigenvalue weighted by Gasteiger charge is 2.16. The number of carbonyl (C=O) groups is 2. The van der Waals surface area contributed by atoms with E-state index in [1.165, 1.54) is 24.4 Å². The lowest BCUT2D eigenvalue weighted by molar-refractivity contribution is -0.140. The third-order valence-electron chi connectivity index (χ3n) is 2.77. The van der Waals surface area contributed by atoms with E-state index < -0.39 is 0 Å². The second-order valence-corrected chi connectivity index (χ2v) is 4.19. The summed E-state index contributed by atoms with van der Waals surface area (Å²) in [7, 11) is 1.31. The van der Waals surface area contributed by atoms with Gasteiger partial charge >= 0.3 is 5.97 Å². The minimum absolute atomic E-state index is 0.0690. The summed E-state index contributed by atoms with van der Waals surface area (Å²) in [6.45, 7) is 1.02. The van der Waals surface area contributed by atoms with Gasteiger partial charge in [-0.1, -0.05) is 0 Å². The second-order valence-electron chi connectivity index (χ2n) is 4.19. The highest BCUT2D eigenvalue weighted by molar-refractivity contribution is 5.94.